The van der Waals surface area contributed by atoms with E-state index in [9.17, 15) is 0 Å². The van der Waals surface area contributed by atoms with Crippen LogP contribution in [-0.4, -0.2) is 16.9 Å². The molecular weight excluding hydrogens is 192 g/mol. The maximum absolute atomic E-state index is 5.40. The van der Waals surface area contributed by atoms with Gasteiger partial charge in [0, 0.05) is 12.3 Å². The Labute approximate surface area is 86.8 Å². The van der Waals surface area contributed by atoms with Crippen LogP contribution >= 0.6 is 0 Å². The van der Waals surface area contributed by atoms with Crippen LogP contribution in [0.4, 0.5) is 0 Å². The third-order valence-corrected chi connectivity index (χ3v) is 1.83. The predicted molar refractivity (Wildman–Crippen MR) is 56.1 cm³/mol. The lowest BCUT2D eigenvalue weighted by atomic mass is 10.2. The van der Waals surface area contributed by atoms with E-state index in [0.717, 1.165) is 5.56 Å². The van der Waals surface area contributed by atoms with Gasteiger partial charge in [0.25, 0.3) is 0 Å². The number of nitrogens with zero attached hydrogens (tertiary/aromatic N) is 3. The molecule has 0 spiro atoms. The lowest BCUT2D eigenvalue weighted by molar-refractivity contribution is 0.483. The molecule has 0 bridgehead atoms. The Morgan fingerprint density at radius 1 is 1.27 bits per heavy atom. The maximum atomic E-state index is 5.40. The molecule has 15 heavy (non-hydrogen) atoms. The largest absolute Gasteiger partial charge is 0.419 e. The second kappa shape index (κ2) is 4.36. The fourth-order valence-electron chi connectivity index (χ4n) is 1.15. The van der Waals surface area contributed by atoms with Gasteiger partial charge < -0.3 is 9.84 Å². The van der Waals surface area contributed by atoms with Crippen LogP contribution in [0.25, 0.3) is 11.5 Å². The molecule has 0 aliphatic heterocycles. The van der Waals surface area contributed by atoms with Gasteiger partial charge in [-0.1, -0.05) is 18.2 Å². The van der Waals surface area contributed by atoms with Crippen LogP contribution in [0.15, 0.2) is 39.9 Å². The first-order valence-electron chi connectivity index (χ1n) is 4.46. The summed E-state index contributed by atoms with van der Waals surface area (Å²) in [6.07, 6.45) is 0. The molecule has 1 aromatic heterocycles. The summed E-state index contributed by atoms with van der Waals surface area (Å²) >= 11 is 0. The van der Waals surface area contributed by atoms with Crippen LogP contribution in [0.5, 0.6) is 0 Å². The molecule has 2 aromatic rings. The number of hydrogen-bond acceptors (Lipinski definition) is 5. The minimum absolute atomic E-state index is 0.392. The van der Waals surface area contributed by atoms with Crippen molar-refractivity contribution in [1.29, 1.82) is 0 Å². The van der Waals surface area contributed by atoms with Gasteiger partial charge in [-0.05, 0) is 12.1 Å². The molecule has 0 atom stereocenters. The first-order valence-corrected chi connectivity index (χ1v) is 4.46. The Kier molecular flexibility index (Phi) is 2.73. The summed E-state index contributed by atoms with van der Waals surface area (Å²) in [6.45, 7) is 3.68. The second-order valence-electron chi connectivity index (χ2n) is 2.86. The van der Waals surface area contributed by atoms with Crippen LogP contribution in [0.2, 0.25) is 0 Å². The van der Waals surface area contributed by atoms with E-state index < -0.39 is 0 Å². The lowest BCUT2D eigenvalue weighted by Gasteiger charge is -1.93. The second-order valence-corrected chi connectivity index (χ2v) is 2.86. The molecule has 2 rings (SSSR count). The first-order chi connectivity index (χ1) is 7.40. The van der Waals surface area contributed by atoms with E-state index in [1.165, 1.54) is 0 Å². The summed E-state index contributed by atoms with van der Waals surface area (Å²) < 4.78 is 5.40. The molecular formula is C10H10N4O. The van der Waals surface area contributed by atoms with Crippen molar-refractivity contribution in [3.05, 3.63) is 36.2 Å². The number of aromatic nitrogens is 2. The Morgan fingerprint density at radius 2 is 2.07 bits per heavy atom. The Balaban J connectivity index is 2.17. The topological polar surface area (TPSA) is 63.3 Å². The van der Waals surface area contributed by atoms with Crippen molar-refractivity contribution in [2.45, 2.75) is 6.54 Å². The highest BCUT2D eigenvalue weighted by molar-refractivity contribution is 5.51. The average molecular weight is 202 g/mol. The monoisotopic (exact) mass is 202 g/mol. The summed E-state index contributed by atoms with van der Waals surface area (Å²) in [5.41, 5.74) is 3.55. The fraction of sp³-hybridized carbons (Fsp3) is 0.100. The molecule has 5 heteroatoms. The average Bonchev–Trinajstić information content (AvgIpc) is 2.76. The Hall–Kier alpha value is -2.17. The number of hydrazone groups is 1. The van der Waals surface area contributed by atoms with Crippen LogP contribution < -0.4 is 5.43 Å². The van der Waals surface area contributed by atoms with Gasteiger partial charge in [-0.25, -0.2) is 0 Å². The van der Waals surface area contributed by atoms with Crippen LogP contribution in [0.1, 0.15) is 5.89 Å². The molecule has 0 fully saturated rings. The quantitative estimate of drug-likeness (QED) is 0.602. The zero-order chi connectivity index (χ0) is 10.5. The van der Waals surface area contributed by atoms with E-state index >= 15 is 0 Å². The summed E-state index contributed by atoms with van der Waals surface area (Å²) in [4.78, 5) is 0. The molecule has 1 aromatic carbocycles. The van der Waals surface area contributed by atoms with Gasteiger partial charge in [-0.2, -0.15) is 5.10 Å². The number of benzene rings is 1. The van der Waals surface area contributed by atoms with Gasteiger partial charge in [0.05, 0.1) is 0 Å². The Morgan fingerprint density at radius 3 is 2.80 bits per heavy atom. The molecule has 76 valence electrons. The van der Waals surface area contributed by atoms with Crippen molar-refractivity contribution in [3.8, 4) is 11.5 Å². The van der Waals surface area contributed by atoms with Crippen LogP contribution in [0.3, 0.4) is 0 Å². The molecule has 0 aliphatic rings. The number of rotatable bonds is 4. The number of hydrogen-bond donors (Lipinski definition) is 1. The van der Waals surface area contributed by atoms with E-state index in [4.69, 9.17) is 4.42 Å². The molecule has 0 unspecified atom stereocenters. The summed E-state index contributed by atoms with van der Waals surface area (Å²) in [7, 11) is 0. The van der Waals surface area contributed by atoms with Gasteiger partial charge in [0.15, 0.2) is 0 Å². The smallest absolute Gasteiger partial charge is 0.247 e. The summed E-state index contributed by atoms with van der Waals surface area (Å²) in [5.74, 6) is 0.998. The van der Waals surface area contributed by atoms with Crippen LogP contribution in [-0.2, 0) is 6.54 Å². The zero-order valence-electron chi connectivity index (χ0n) is 8.05. The number of nitrogens with one attached hydrogen (secondary N) is 1. The Bertz CT molecular complexity index is 438. The summed E-state index contributed by atoms with van der Waals surface area (Å²) in [5, 5.41) is 11.3. The molecule has 5 nitrogen and oxygen atoms in total. The fourth-order valence-corrected chi connectivity index (χ4v) is 1.15. The molecule has 0 saturated heterocycles. The van der Waals surface area contributed by atoms with Crippen molar-refractivity contribution in [1.82, 2.24) is 15.6 Å². The standard InChI is InChI=1S/C10H10N4O/c1-11-12-7-9-13-14-10(15-9)8-5-3-2-4-6-8/h2-6,12H,1,7H2. The van der Waals surface area contributed by atoms with Crippen molar-refractivity contribution < 1.29 is 4.42 Å². The van der Waals surface area contributed by atoms with Crippen molar-refractivity contribution in [2.75, 3.05) is 0 Å². The van der Waals surface area contributed by atoms with Gasteiger partial charge in [-0.3, -0.25) is 0 Å². The highest BCUT2D eigenvalue weighted by atomic mass is 16.4. The van der Waals surface area contributed by atoms with E-state index in [2.05, 4.69) is 27.4 Å². The maximum Gasteiger partial charge on any atom is 0.247 e. The van der Waals surface area contributed by atoms with Crippen molar-refractivity contribution >= 4 is 6.72 Å². The van der Waals surface area contributed by atoms with Crippen LogP contribution in [0, 0.1) is 0 Å². The van der Waals surface area contributed by atoms with Gasteiger partial charge in [-0.15, -0.1) is 10.2 Å². The van der Waals surface area contributed by atoms with E-state index in [1.54, 1.807) is 0 Å². The van der Waals surface area contributed by atoms with Gasteiger partial charge in [0.2, 0.25) is 11.8 Å². The molecule has 1 heterocycles. The molecule has 1 N–H and O–H groups in total. The molecule has 0 radical (unpaired) electrons. The minimum Gasteiger partial charge on any atom is -0.419 e. The van der Waals surface area contributed by atoms with Crippen molar-refractivity contribution in [3.63, 3.8) is 0 Å². The zero-order valence-corrected chi connectivity index (χ0v) is 8.05. The van der Waals surface area contributed by atoms with E-state index in [-0.39, 0.29) is 0 Å². The highest BCUT2D eigenvalue weighted by Gasteiger charge is 2.06. The van der Waals surface area contributed by atoms with Gasteiger partial charge in [0.1, 0.15) is 6.54 Å². The molecule has 0 amide bonds. The predicted octanol–water partition coefficient (Wildman–Crippen LogP) is 1.44. The van der Waals surface area contributed by atoms with Crippen molar-refractivity contribution in [2.24, 2.45) is 5.10 Å². The SMILES string of the molecule is C=NNCc1nnc(-c2ccccc2)o1. The third-order valence-electron chi connectivity index (χ3n) is 1.83. The first kappa shape index (κ1) is 9.39. The highest BCUT2D eigenvalue weighted by Crippen LogP contribution is 2.16. The third kappa shape index (κ3) is 2.19. The summed E-state index contributed by atoms with van der Waals surface area (Å²) in [6, 6.07) is 9.60. The lowest BCUT2D eigenvalue weighted by Crippen LogP contribution is -2.03. The minimum atomic E-state index is 0.392. The normalized spacial score (nSPS) is 9.87. The van der Waals surface area contributed by atoms with E-state index in [1.807, 2.05) is 30.3 Å². The molecule has 0 aliphatic carbocycles. The van der Waals surface area contributed by atoms with Gasteiger partial charge >= 0.3 is 0 Å². The molecule has 0 saturated carbocycles. The van der Waals surface area contributed by atoms with E-state index in [0.29, 0.717) is 18.3 Å².